The molecule has 2 amide bonds. The third-order valence-electron chi connectivity index (χ3n) is 5.32. The highest BCUT2D eigenvalue weighted by Gasteiger charge is 2.36. The molecule has 0 aromatic heterocycles. The summed E-state index contributed by atoms with van der Waals surface area (Å²) in [7, 11) is -3.58. The minimum atomic E-state index is -3.58. The summed E-state index contributed by atoms with van der Waals surface area (Å²) in [6.45, 7) is 1.67. The van der Waals surface area contributed by atoms with Crippen LogP contribution < -0.4 is 5.73 Å². The van der Waals surface area contributed by atoms with Gasteiger partial charge in [0, 0.05) is 32.1 Å². The molecule has 0 spiro atoms. The van der Waals surface area contributed by atoms with Crippen molar-refractivity contribution in [2.45, 2.75) is 30.6 Å². The van der Waals surface area contributed by atoms with Crippen LogP contribution in [-0.4, -0.2) is 55.6 Å². The van der Waals surface area contributed by atoms with E-state index in [2.05, 4.69) is 0 Å². The minimum Gasteiger partial charge on any atom is -0.369 e. The van der Waals surface area contributed by atoms with Crippen molar-refractivity contribution < 1.29 is 18.0 Å². The van der Waals surface area contributed by atoms with Crippen molar-refractivity contribution in [3.05, 3.63) is 30.3 Å². The quantitative estimate of drug-likeness (QED) is 0.836. The van der Waals surface area contributed by atoms with E-state index in [1.807, 2.05) is 0 Å². The Kier molecular flexibility index (Phi) is 5.62. The molecule has 0 unspecified atom stereocenters. The number of likely N-dealkylation sites (tertiary alicyclic amines) is 1. The van der Waals surface area contributed by atoms with E-state index >= 15 is 0 Å². The molecule has 2 N–H and O–H groups in total. The maximum atomic E-state index is 12.8. The average molecular weight is 379 g/mol. The van der Waals surface area contributed by atoms with Crippen molar-refractivity contribution >= 4 is 21.8 Å². The highest BCUT2D eigenvalue weighted by Crippen LogP contribution is 2.26. The summed E-state index contributed by atoms with van der Waals surface area (Å²) in [5, 5.41) is 0. The van der Waals surface area contributed by atoms with Crippen molar-refractivity contribution in [2.75, 3.05) is 26.2 Å². The zero-order valence-electron chi connectivity index (χ0n) is 14.7. The molecule has 2 saturated heterocycles. The number of hydrogen-bond donors (Lipinski definition) is 1. The first kappa shape index (κ1) is 18.8. The van der Waals surface area contributed by atoms with E-state index in [0.717, 1.165) is 0 Å². The predicted molar refractivity (Wildman–Crippen MR) is 96.4 cm³/mol. The molecule has 2 aliphatic rings. The second-order valence-corrected chi connectivity index (χ2v) is 8.96. The standard InChI is InChI=1S/C18H25N3O4S/c19-17(22)14-8-11-20(12-9-14)18(23)15-5-4-10-21(13-15)26(24,25)16-6-2-1-3-7-16/h1-3,6-7,14-15H,4-5,8-13H2,(H2,19,22)/t15-/m1/s1. The molecular weight excluding hydrogens is 354 g/mol. The predicted octanol–water partition coefficient (Wildman–Crippen LogP) is 0.811. The van der Waals surface area contributed by atoms with Gasteiger partial charge in [-0.15, -0.1) is 0 Å². The van der Waals surface area contributed by atoms with Crippen LogP contribution in [0.4, 0.5) is 0 Å². The first-order valence-corrected chi connectivity index (χ1v) is 10.5. The number of primary amides is 1. The van der Waals surface area contributed by atoms with Gasteiger partial charge in [0.1, 0.15) is 0 Å². The van der Waals surface area contributed by atoms with Gasteiger partial charge < -0.3 is 10.6 Å². The Bertz CT molecular complexity index is 758. The third kappa shape index (κ3) is 3.91. The zero-order chi connectivity index (χ0) is 18.7. The van der Waals surface area contributed by atoms with Crippen LogP contribution in [0.25, 0.3) is 0 Å². The normalized spacial score (nSPS) is 22.9. The monoisotopic (exact) mass is 379 g/mol. The number of carbonyl (C=O) groups excluding carboxylic acids is 2. The molecular formula is C18H25N3O4S. The van der Waals surface area contributed by atoms with Crippen LogP contribution in [0, 0.1) is 11.8 Å². The maximum Gasteiger partial charge on any atom is 0.243 e. The van der Waals surface area contributed by atoms with E-state index in [1.165, 1.54) is 4.31 Å². The first-order valence-electron chi connectivity index (χ1n) is 9.03. The van der Waals surface area contributed by atoms with Crippen LogP contribution in [0.5, 0.6) is 0 Å². The van der Waals surface area contributed by atoms with Gasteiger partial charge in [-0.05, 0) is 37.8 Å². The molecule has 2 aliphatic heterocycles. The molecule has 0 saturated carbocycles. The number of rotatable bonds is 4. The van der Waals surface area contributed by atoms with Crippen LogP contribution in [0.2, 0.25) is 0 Å². The van der Waals surface area contributed by atoms with Crippen LogP contribution in [-0.2, 0) is 19.6 Å². The molecule has 1 aromatic rings. The van der Waals surface area contributed by atoms with E-state index in [0.29, 0.717) is 45.3 Å². The van der Waals surface area contributed by atoms with Gasteiger partial charge in [0.25, 0.3) is 0 Å². The Balaban J connectivity index is 1.65. The Morgan fingerprint density at radius 3 is 2.23 bits per heavy atom. The smallest absolute Gasteiger partial charge is 0.243 e. The summed E-state index contributed by atoms with van der Waals surface area (Å²) in [4.78, 5) is 26.1. The minimum absolute atomic E-state index is 0.0131. The van der Waals surface area contributed by atoms with E-state index in [9.17, 15) is 18.0 Å². The molecule has 2 fully saturated rings. The average Bonchev–Trinajstić information content (AvgIpc) is 2.68. The first-order chi connectivity index (χ1) is 12.4. The fourth-order valence-corrected chi connectivity index (χ4v) is 5.29. The fraction of sp³-hybridized carbons (Fsp3) is 0.556. The number of sulfonamides is 1. The lowest BCUT2D eigenvalue weighted by Gasteiger charge is -2.37. The second kappa shape index (κ2) is 7.75. The SMILES string of the molecule is NC(=O)C1CCN(C(=O)[C@@H]2CCCN(S(=O)(=O)c3ccccc3)C2)CC1. The van der Waals surface area contributed by atoms with Crippen molar-refractivity contribution in [2.24, 2.45) is 17.6 Å². The molecule has 26 heavy (non-hydrogen) atoms. The lowest BCUT2D eigenvalue weighted by molar-refractivity contribution is -0.139. The van der Waals surface area contributed by atoms with Crippen molar-refractivity contribution in [1.29, 1.82) is 0 Å². The Labute approximate surface area is 154 Å². The van der Waals surface area contributed by atoms with Crippen molar-refractivity contribution in [3.63, 3.8) is 0 Å². The third-order valence-corrected chi connectivity index (χ3v) is 7.20. The Hall–Kier alpha value is -1.93. The molecule has 142 valence electrons. The largest absolute Gasteiger partial charge is 0.369 e. The van der Waals surface area contributed by atoms with Crippen LogP contribution in [0.15, 0.2) is 35.2 Å². The molecule has 7 nitrogen and oxygen atoms in total. The molecule has 8 heteroatoms. The zero-order valence-corrected chi connectivity index (χ0v) is 15.5. The summed E-state index contributed by atoms with van der Waals surface area (Å²) >= 11 is 0. The number of benzene rings is 1. The van der Waals surface area contributed by atoms with Crippen LogP contribution >= 0.6 is 0 Å². The van der Waals surface area contributed by atoms with Gasteiger partial charge in [0.15, 0.2) is 0 Å². The van der Waals surface area contributed by atoms with Gasteiger partial charge in [-0.2, -0.15) is 4.31 Å². The molecule has 0 bridgehead atoms. The molecule has 1 atom stereocenters. The molecule has 2 heterocycles. The lowest BCUT2D eigenvalue weighted by atomic mass is 9.93. The molecule has 0 aliphatic carbocycles. The Morgan fingerprint density at radius 1 is 0.962 bits per heavy atom. The number of nitrogens with two attached hydrogens (primary N) is 1. The van der Waals surface area contributed by atoms with E-state index in [4.69, 9.17) is 5.73 Å². The van der Waals surface area contributed by atoms with E-state index in [1.54, 1.807) is 35.2 Å². The van der Waals surface area contributed by atoms with Gasteiger partial charge in [-0.1, -0.05) is 18.2 Å². The topological polar surface area (TPSA) is 101 Å². The van der Waals surface area contributed by atoms with Gasteiger partial charge in [-0.3, -0.25) is 9.59 Å². The Morgan fingerprint density at radius 2 is 1.62 bits per heavy atom. The molecule has 3 rings (SSSR count). The van der Waals surface area contributed by atoms with E-state index < -0.39 is 10.0 Å². The fourth-order valence-electron chi connectivity index (χ4n) is 3.75. The summed E-state index contributed by atoms with van der Waals surface area (Å²) in [6, 6.07) is 8.33. The molecule has 0 radical (unpaired) electrons. The second-order valence-electron chi connectivity index (χ2n) is 7.02. The number of nitrogens with zero attached hydrogens (tertiary/aromatic N) is 2. The maximum absolute atomic E-state index is 12.8. The molecule has 1 aromatic carbocycles. The summed E-state index contributed by atoms with van der Waals surface area (Å²) in [5.74, 6) is -0.816. The van der Waals surface area contributed by atoms with Gasteiger partial charge in [-0.25, -0.2) is 8.42 Å². The lowest BCUT2D eigenvalue weighted by Crippen LogP contribution is -2.49. The van der Waals surface area contributed by atoms with E-state index in [-0.39, 0.29) is 35.1 Å². The van der Waals surface area contributed by atoms with Crippen LogP contribution in [0.1, 0.15) is 25.7 Å². The van der Waals surface area contributed by atoms with Gasteiger partial charge in [0.05, 0.1) is 10.8 Å². The summed E-state index contributed by atoms with van der Waals surface area (Å²) in [5.41, 5.74) is 5.34. The number of hydrogen-bond acceptors (Lipinski definition) is 4. The number of piperidine rings is 2. The highest BCUT2D eigenvalue weighted by molar-refractivity contribution is 7.89. The van der Waals surface area contributed by atoms with Crippen LogP contribution in [0.3, 0.4) is 0 Å². The number of amides is 2. The van der Waals surface area contributed by atoms with Crippen molar-refractivity contribution in [3.8, 4) is 0 Å². The van der Waals surface area contributed by atoms with Gasteiger partial charge in [0.2, 0.25) is 21.8 Å². The summed E-state index contributed by atoms with van der Waals surface area (Å²) < 4.78 is 27.0. The van der Waals surface area contributed by atoms with Crippen molar-refractivity contribution in [1.82, 2.24) is 9.21 Å². The summed E-state index contributed by atoms with van der Waals surface area (Å²) in [6.07, 6.45) is 2.52. The number of carbonyl (C=O) groups is 2. The van der Waals surface area contributed by atoms with Gasteiger partial charge >= 0.3 is 0 Å². The highest BCUT2D eigenvalue weighted by atomic mass is 32.2.